The number of hydrogen-bond acceptors (Lipinski definition) is 3. The van der Waals surface area contributed by atoms with Crippen LogP contribution in [0.1, 0.15) is 39.0 Å². The van der Waals surface area contributed by atoms with E-state index >= 15 is 0 Å². The summed E-state index contributed by atoms with van der Waals surface area (Å²) in [4.78, 5) is 11.1. The molecule has 0 radical (unpaired) electrons. The van der Waals surface area contributed by atoms with Gasteiger partial charge in [-0.1, -0.05) is 13.3 Å². The van der Waals surface area contributed by atoms with Gasteiger partial charge < -0.3 is 4.74 Å². The van der Waals surface area contributed by atoms with Crippen molar-refractivity contribution in [3.63, 3.8) is 0 Å². The maximum atomic E-state index is 11.1. The molecule has 1 aliphatic rings. The van der Waals surface area contributed by atoms with Crippen LogP contribution in [0, 0.1) is 5.92 Å². The van der Waals surface area contributed by atoms with Gasteiger partial charge in [0, 0.05) is 5.75 Å². The van der Waals surface area contributed by atoms with Crippen LogP contribution in [-0.2, 0) is 9.53 Å². The zero-order valence-corrected chi connectivity index (χ0v) is 9.06. The molecule has 0 N–H and O–H groups in total. The average molecular weight is 202 g/mol. The number of carbonyl (C=O) groups is 1. The van der Waals surface area contributed by atoms with Crippen molar-refractivity contribution in [1.29, 1.82) is 0 Å². The summed E-state index contributed by atoms with van der Waals surface area (Å²) in [7, 11) is 0. The summed E-state index contributed by atoms with van der Waals surface area (Å²) >= 11 is 3.99. The molecule has 0 heterocycles. The Morgan fingerprint density at radius 1 is 1.54 bits per heavy atom. The van der Waals surface area contributed by atoms with Gasteiger partial charge in [0.15, 0.2) is 0 Å². The topological polar surface area (TPSA) is 26.3 Å². The second kappa shape index (κ2) is 5.53. The van der Waals surface area contributed by atoms with Crippen LogP contribution in [0.4, 0.5) is 0 Å². The first-order valence-electron chi connectivity index (χ1n) is 5.02. The SMILES string of the molecule is CC1CCCC(OC(=O)CCS)C1. The molecule has 0 bridgehead atoms. The van der Waals surface area contributed by atoms with E-state index in [-0.39, 0.29) is 12.1 Å². The third kappa shape index (κ3) is 4.03. The van der Waals surface area contributed by atoms with Crippen LogP contribution in [0.25, 0.3) is 0 Å². The number of ether oxygens (including phenoxy) is 1. The number of thiol groups is 1. The van der Waals surface area contributed by atoms with Crippen molar-refractivity contribution in [2.45, 2.75) is 45.1 Å². The highest BCUT2D eigenvalue weighted by Gasteiger charge is 2.21. The molecular formula is C10H18O2S. The van der Waals surface area contributed by atoms with Crippen molar-refractivity contribution in [1.82, 2.24) is 0 Å². The summed E-state index contributed by atoms with van der Waals surface area (Å²) in [5, 5.41) is 0. The molecule has 13 heavy (non-hydrogen) atoms. The molecule has 3 heteroatoms. The maximum Gasteiger partial charge on any atom is 0.306 e. The zero-order valence-electron chi connectivity index (χ0n) is 8.16. The highest BCUT2D eigenvalue weighted by Crippen LogP contribution is 2.25. The third-order valence-corrected chi connectivity index (χ3v) is 2.73. The fourth-order valence-electron chi connectivity index (χ4n) is 1.82. The standard InChI is InChI=1S/C10H18O2S/c1-8-3-2-4-9(7-8)12-10(11)5-6-13/h8-9,13H,2-7H2,1H3. The Morgan fingerprint density at radius 2 is 2.31 bits per heavy atom. The summed E-state index contributed by atoms with van der Waals surface area (Å²) < 4.78 is 5.31. The summed E-state index contributed by atoms with van der Waals surface area (Å²) in [6, 6.07) is 0. The van der Waals surface area contributed by atoms with E-state index in [0.717, 1.165) is 12.8 Å². The highest BCUT2D eigenvalue weighted by molar-refractivity contribution is 7.80. The largest absolute Gasteiger partial charge is 0.462 e. The summed E-state index contributed by atoms with van der Waals surface area (Å²) in [5.41, 5.74) is 0. The molecule has 0 aromatic heterocycles. The Bertz CT molecular complexity index is 170. The minimum atomic E-state index is -0.0888. The summed E-state index contributed by atoms with van der Waals surface area (Å²) in [6.45, 7) is 2.22. The maximum absolute atomic E-state index is 11.1. The fraction of sp³-hybridized carbons (Fsp3) is 0.900. The minimum Gasteiger partial charge on any atom is -0.462 e. The van der Waals surface area contributed by atoms with Crippen molar-refractivity contribution < 1.29 is 9.53 Å². The van der Waals surface area contributed by atoms with E-state index in [1.807, 2.05) is 0 Å². The molecule has 2 atom stereocenters. The molecule has 2 unspecified atom stereocenters. The third-order valence-electron chi connectivity index (χ3n) is 2.50. The molecule has 1 rings (SSSR count). The first-order chi connectivity index (χ1) is 6.22. The number of rotatable bonds is 3. The Balaban J connectivity index is 2.23. The number of esters is 1. The molecule has 1 saturated carbocycles. The smallest absolute Gasteiger partial charge is 0.306 e. The van der Waals surface area contributed by atoms with Gasteiger partial charge in [-0.2, -0.15) is 12.6 Å². The van der Waals surface area contributed by atoms with Crippen LogP contribution < -0.4 is 0 Å². The van der Waals surface area contributed by atoms with E-state index in [1.54, 1.807) is 0 Å². The second-order valence-electron chi connectivity index (χ2n) is 3.86. The average Bonchev–Trinajstić information content (AvgIpc) is 2.04. The Hall–Kier alpha value is -0.180. The van der Waals surface area contributed by atoms with Crippen molar-refractivity contribution in [3.05, 3.63) is 0 Å². The zero-order chi connectivity index (χ0) is 9.68. The molecule has 1 aliphatic carbocycles. The molecule has 0 aromatic carbocycles. The van der Waals surface area contributed by atoms with Crippen LogP contribution in [0.3, 0.4) is 0 Å². The van der Waals surface area contributed by atoms with Crippen LogP contribution in [0.5, 0.6) is 0 Å². The van der Waals surface area contributed by atoms with Gasteiger partial charge in [0.25, 0.3) is 0 Å². The molecule has 0 saturated heterocycles. The lowest BCUT2D eigenvalue weighted by Gasteiger charge is -2.26. The fourth-order valence-corrected chi connectivity index (χ4v) is 2.00. The first-order valence-corrected chi connectivity index (χ1v) is 5.66. The minimum absolute atomic E-state index is 0.0888. The Morgan fingerprint density at radius 3 is 2.92 bits per heavy atom. The highest BCUT2D eigenvalue weighted by atomic mass is 32.1. The molecule has 76 valence electrons. The van der Waals surface area contributed by atoms with Gasteiger partial charge in [-0.25, -0.2) is 0 Å². The van der Waals surface area contributed by atoms with E-state index in [0.29, 0.717) is 18.1 Å². The van der Waals surface area contributed by atoms with Crippen molar-refractivity contribution in [2.24, 2.45) is 5.92 Å². The molecular weight excluding hydrogens is 184 g/mol. The van der Waals surface area contributed by atoms with Gasteiger partial charge in [-0.05, 0) is 25.2 Å². The quantitative estimate of drug-likeness (QED) is 0.562. The predicted molar refractivity (Wildman–Crippen MR) is 56.0 cm³/mol. The normalized spacial score (nSPS) is 28.5. The molecule has 0 spiro atoms. The van der Waals surface area contributed by atoms with Crippen molar-refractivity contribution in [3.8, 4) is 0 Å². The van der Waals surface area contributed by atoms with Gasteiger partial charge in [-0.3, -0.25) is 4.79 Å². The molecule has 1 fully saturated rings. The van der Waals surface area contributed by atoms with Crippen LogP contribution >= 0.6 is 12.6 Å². The van der Waals surface area contributed by atoms with Gasteiger partial charge in [0.05, 0.1) is 6.42 Å². The van der Waals surface area contributed by atoms with Gasteiger partial charge in [0.2, 0.25) is 0 Å². The second-order valence-corrected chi connectivity index (χ2v) is 4.30. The predicted octanol–water partition coefficient (Wildman–Crippen LogP) is 2.43. The lowest BCUT2D eigenvalue weighted by Crippen LogP contribution is -2.24. The van der Waals surface area contributed by atoms with E-state index < -0.39 is 0 Å². The molecule has 0 aliphatic heterocycles. The van der Waals surface area contributed by atoms with Crippen molar-refractivity contribution >= 4 is 18.6 Å². The first kappa shape index (κ1) is 10.9. The van der Waals surface area contributed by atoms with E-state index in [9.17, 15) is 4.79 Å². The van der Waals surface area contributed by atoms with E-state index in [4.69, 9.17) is 4.74 Å². The number of hydrogen-bond donors (Lipinski definition) is 1. The van der Waals surface area contributed by atoms with Gasteiger partial charge in [0.1, 0.15) is 6.10 Å². The Kier molecular flexibility index (Phi) is 4.64. The van der Waals surface area contributed by atoms with Gasteiger partial charge >= 0.3 is 5.97 Å². The Labute approximate surface area is 85.4 Å². The lowest BCUT2D eigenvalue weighted by atomic mass is 9.89. The van der Waals surface area contributed by atoms with Crippen molar-refractivity contribution in [2.75, 3.05) is 5.75 Å². The summed E-state index contributed by atoms with van der Waals surface area (Å²) in [5.74, 6) is 1.21. The molecule has 2 nitrogen and oxygen atoms in total. The molecule has 0 aromatic rings. The van der Waals surface area contributed by atoms with Crippen LogP contribution in [0.2, 0.25) is 0 Å². The summed E-state index contributed by atoms with van der Waals surface area (Å²) in [6.07, 6.45) is 5.17. The lowest BCUT2D eigenvalue weighted by molar-refractivity contribution is -0.150. The molecule has 0 amide bonds. The van der Waals surface area contributed by atoms with Crippen LogP contribution in [-0.4, -0.2) is 17.8 Å². The number of carbonyl (C=O) groups excluding carboxylic acids is 1. The van der Waals surface area contributed by atoms with Gasteiger partial charge in [-0.15, -0.1) is 0 Å². The monoisotopic (exact) mass is 202 g/mol. The van der Waals surface area contributed by atoms with E-state index in [1.165, 1.54) is 12.8 Å². The van der Waals surface area contributed by atoms with E-state index in [2.05, 4.69) is 19.6 Å². The van der Waals surface area contributed by atoms with Crippen LogP contribution in [0.15, 0.2) is 0 Å².